The highest BCUT2D eigenvalue weighted by Crippen LogP contribution is 2.42. The van der Waals surface area contributed by atoms with Gasteiger partial charge in [0.15, 0.2) is 0 Å². The molecular weight excluding hydrogens is 374 g/mol. The molecule has 1 atom stereocenters. The van der Waals surface area contributed by atoms with Crippen LogP contribution in [0.5, 0.6) is 5.75 Å². The average Bonchev–Trinajstić information content (AvgIpc) is 3.10. The highest BCUT2D eigenvalue weighted by atomic mass is 35.5. The fourth-order valence-corrected chi connectivity index (χ4v) is 5.15. The molecule has 1 aromatic carbocycles. The zero-order valence-corrected chi connectivity index (χ0v) is 17.4. The molecule has 0 radical (unpaired) electrons. The zero-order chi connectivity index (χ0) is 18.4. The van der Waals surface area contributed by atoms with Crippen LogP contribution in [0, 0.1) is 5.92 Å². The van der Waals surface area contributed by atoms with Gasteiger partial charge in [0.2, 0.25) is 0 Å². The van der Waals surface area contributed by atoms with Crippen molar-refractivity contribution >= 4 is 29.2 Å². The van der Waals surface area contributed by atoms with Crippen LogP contribution in [0.25, 0.3) is 10.9 Å². The van der Waals surface area contributed by atoms with Crippen LogP contribution in [-0.4, -0.2) is 60.1 Å². The van der Waals surface area contributed by atoms with Gasteiger partial charge in [-0.15, -0.1) is 12.4 Å². The van der Waals surface area contributed by atoms with Crippen molar-refractivity contribution in [3.8, 4) is 5.75 Å². The van der Waals surface area contributed by atoms with Crippen molar-refractivity contribution in [3.05, 3.63) is 30.0 Å². The molecule has 1 amide bonds. The normalized spacial score (nSPS) is 23.3. The first-order chi connectivity index (χ1) is 13.2. The summed E-state index contributed by atoms with van der Waals surface area (Å²) in [5, 5.41) is 1.05. The maximum atomic E-state index is 13.3. The van der Waals surface area contributed by atoms with Crippen LogP contribution >= 0.6 is 12.4 Å². The SMILES string of the molecule is CN1CCN(C(=O)c2cn3c4c(cccc24)OC[C@H]3C2CCCCC2)CC1.Cl. The third-order valence-corrected chi connectivity index (χ3v) is 6.80. The van der Waals surface area contributed by atoms with Crippen molar-refractivity contribution in [2.24, 2.45) is 5.92 Å². The molecule has 2 aliphatic heterocycles. The lowest BCUT2D eigenvalue weighted by atomic mass is 9.83. The second kappa shape index (κ2) is 7.96. The van der Waals surface area contributed by atoms with Gasteiger partial charge in [0.05, 0.1) is 17.1 Å². The Morgan fingerprint density at radius 1 is 1.07 bits per heavy atom. The average molecular weight is 404 g/mol. The molecule has 28 heavy (non-hydrogen) atoms. The number of piperazine rings is 1. The standard InChI is InChI=1S/C22H29N3O2.ClH/c1-23-10-12-24(13-11-23)22(26)18-14-25-19(16-6-3-2-4-7-16)15-27-20-9-5-8-17(18)21(20)25;/h5,8-9,14,16,19H,2-4,6-7,10-13,15H2,1H3;1H/t19-;/m0./s1. The number of ether oxygens (including phenoxy) is 1. The highest BCUT2D eigenvalue weighted by Gasteiger charge is 2.33. The number of halogens is 1. The maximum absolute atomic E-state index is 13.3. The van der Waals surface area contributed by atoms with E-state index in [4.69, 9.17) is 4.74 Å². The number of aromatic nitrogens is 1. The first-order valence-corrected chi connectivity index (χ1v) is 10.5. The minimum atomic E-state index is 0. The second-order valence-electron chi connectivity index (χ2n) is 8.47. The van der Waals surface area contributed by atoms with Gasteiger partial charge >= 0.3 is 0 Å². The highest BCUT2D eigenvalue weighted by molar-refractivity contribution is 6.08. The molecule has 5 nitrogen and oxygen atoms in total. The van der Waals surface area contributed by atoms with Gasteiger partial charge in [0.1, 0.15) is 12.4 Å². The van der Waals surface area contributed by atoms with Crippen LogP contribution in [-0.2, 0) is 0 Å². The van der Waals surface area contributed by atoms with E-state index in [1.165, 1.54) is 32.1 Å². The molecule has 5 rings (SSSR count). The molecule has 1 saturated heterocycles. The number of amides is 1. The van der Waals surface area contributed by atoms with Gasteiger partial charge in [-0.05, 0) is 31.9 Å². The van der Waals surface area contributed by atoms with Gasteiger partial charge in [-0.3, -0.25) is 4.79 Å². The van der Waals surface area contributed by atoms with Gasteiger partial charge in [-0.1, -0.05) is 31.4 Å². The molecule has 1 aliphatic carbocycles. The van der Waals surface area contributed by atoms with E-state index in [9.17, 15) is 4.79 Å². The third-order valence-electron chi connectivity index (χ3n) is 6.80. The van der Waals surface area contributed by atoms with E-state index in [1.54, 1.807) is 0 Å². The Kier molecular flexibility index (Phi) is 5.57. The van der Waals surface area contributed by atoms with Crippen LogP contribution in [0.15, 0.2) is 24.4 Å². The molecule has 1 saturated carbocycles. The fourth-order valence-electron chi connectivity index (χ4n) is 5.15. The molecule has 2 aromatic rings. The van der Waals surface area contributed by atoms with E-state index in [2.05, 4.69) is 28.8 Å². The number of hydrogen-bond donors (Lipinski definition) is 0. The minimum Gasteiger partial charge on any atom is -0.489 e. The quantitative estimate of drug-likeness (QED) is 0.761. The molecule has 0 spiro atoms. The summed E-state index contributed by atoms with van der Waals surface area (Å²) in [4.78, 5) is 17.6. The molecule has 2 fully saturated rings. The molecular formula is C22H30ClN3O2. The summed E-state index contributed by atoms with van der Waals surface area (Å²) in [6.45, 7) is 4.25. The van der Waals surface area contributed by atoms with E-state index in [1.807, 2.05) is 17.0 Å². The number of nitrogens with zero attached hydrogens (tertiary/aromatic N) is 3. The number of carbonyl (C=O) groups is 1. The fraction of sp³-hybridized carbons (Fsp3) is 0.591. The summed E-state index contributed by atoms with van der Waals surface area (Å²) < 4.78 is 8.54. The van der Waals surface area contributed by atoms with Crippen molar-refractivity contribution in [1.82, 2.24) is 14.4 Å². The summed E-state index contributed by atoms with van der Waals surface area (Å²) in [7, 11) is 2.12. The Bertz CT molecular complexity index is 851. The minimum absolute atomic E-state index is 0. The van der Waals surface area contributed by atoms with E-state index in [0.29, 0.717) is 12.0 Å². The number of carbonyl (C=O) groups excluding carboxylic acids is 1. The van der Waals surface area contributed by atoms with Crippen LogP contribution in [0.2, 0.25) is 0 Å². The van der Waals surface area contributed by atoms with Crippen molar-refractivity contribution in [3.63, 3.8) is 0 Å². The number of benzene rings is 1. The lowest BCUT2D eigenvalue weighted by molar-refractivity contribution is 0.0665. The van der Waals surface area contributed by atoms with Crippen LogP contribution in [0.1, 0.15) is 48.5 Å². The summed E-state index contributed by atoms with van der Waals surface area (Å²) in [5.41, 5.74) is 1.97. The van der Waals surface area contributed by atoms with E-state index in [-0.39, 0.29) is 18.3 Å². The van der Waals surface area contributed by atoms with E-state index >= 15 is 0 Å². The number of para-hydroxylation sites is 1. The van der Waals surface area contributed by atoms with Crippen molar-refractivity contribution in [2.45, 2.75) is 38.1 Å². The Labute approximate surface area is 173 Å². The van der Waals surface area contributed by atoms with Crippen LogP contribution < -0.4 is 4.74 Å². The summed E-state index contributed by atoms with van der Waals surface area (Å²) in [6.07, 6.45) is 8.68. The number of rotatable bonds is 2. The topological polar surface area (TPSA) is 37.7 Å². The Balaban J connectivity index is 0.00000192. The largest absolute Gasteiger partial charge is 0.489 e. The second-order valence-corrected chi connectivity index (χ2v) is 8.47. The van der Waals surface area contributed by atoms with Crippen molar-refractivity contribution in [1.29, 1.82) is 0 Å². The smallest absolute Gasteiger partial charge is 0.256 e. The lowest BCUT2D eigenvalue weighted by Gasteiger charge is -2.34. The summed E-state index contributed by atoms with van der Waals surface area (Å²) in [6, 6.07) is 6.51. The molecule has 0 bridgehead atoms. The van der Waals surface area contributed by atoms with Crippen molar-refractivity contribution < 1.29 is 9.53 Å². The van der Waals surface area contributed by atoms with Gasteiger partial charge < -0.3 is 19.1 Å². The van der Waals surface area contributed by atoms with Gasteiger partial charge in [-0.25, -0.2) is 0 Å². The van der Waals surface area contributed by atoms with Gasteiger partial charge in [-0.2, -0.15) is 0 Å². The third kappa shape index (κ3) is 3.29. The van der Waals surface area contributed by atoms with Crippen molar-refractivity contribution in [2.75, 3.05) is 39.8 Å². The first kappa shape index (κ1) is 19.6. The lowest BCUT2D eigenvalue weighted by Crippen LogP contribution is -2.47. The van der Waals surface area contributed by atoms with E-state index in [0.717, 1.165) is 55.0 Å². The summed E-state index contributed by atoms with van der Waals surface area (Å²) >= 11 is 0. The predicted octanol–water partition coefficient (Wildman–Crippen LogP) is 3.96. The molecule has 0 N–H and O–H groups in total. The zero-order valence-electron chi connectivity index (χ0n) is 16.6. The monoisotopic (exact) mass is 403 g/mol. The van der Waals surface area contributed by atoms with Crippen LogP contribution in [0.4, 0.5) is 0 Å². The Hall–Kier alpha value is -1.72. The molecule has 3 aliphatic rings. The molecule has 0 unspecified atom stereocenters. The maximum Gasteiger partial charge on any atom is 0.256 e. The number of hydrogen-bond acceptors (Lipinski definition) is 3. The molecule has 3 heterocycles. The Morgan fingerprint density at radius 3 is 2.57 bits per heavy atom. The van der Waals surface area contributed by atoms with Gasteiger partial charge in [0.25, 0.3) is 5.91 Å². The predicted molar refractivity (Wildman–Crippen MR) is 114 cm³/mol. The van der Waals surface area contributed by atoms with Crippen LogP contribution in [0.3, 0.4) is 0 Å². The molecule has 152 valence electrons. The number of likely N-dealkylation sites (N-methyl/N-ethyl adjacent to an activating group) is 1. The first-order valence-electron chi connectivity index (χ1n) is 10.5. The van der Waals surface area contributed by atoms with Gasteiger partial charge in [0, 0.05) is 37.8 Å². The molecule has 6 heteroatoms. The Morgan fingerprint density at radius 2 is 1.82 bits per heavy atom. The summed E-state index contributed by atoms with van der Waals surface area (Å²) in [5.74, 6) is 1.76. The van der Waals surface area contributed by atoms with E-state index < -0.39 is 0 Å². The molecule has 1 aromatic heterocycles.